The van der Waals surface area contributed by atoms with Crippen LogP contribution in [0.1, 0.15) is 44.1 Å². The van der Waals surface area contributed by atoms with Crippen LogP contribution in [-0.2, 0) is 9.59 Å². The molecule has 7 atom stereocenters. The van der Waals surface area contributed by atoms with Gasteiger partial charge >= 0.3 is 0 Å². The van der Waals surface area contributed by atoms with Gasteiger partial charge in [-0.05, 0) is 61.7 Å². The van der Waals surface area contributed by atoms with E-state index >= 15 is 0 Å². The standard InChI is InChI=1S/C29H40N4O3S/c1-37-23-9-5-4-8-20(23)27(30)32-14-12-31(13-15-32)16-18-6-2-3-7-19(18)17-33-28(35)24-21-10-11-22(26(21)34)25(24)29(33)36/h4-5,8-9,18-19,21-22,24-26,30,34H,2-3,6-7,10-17H2,1H3/t18?,19?,21-,22+,24?,25?,26?. The predicted molar refractivity (Wildman–Crippen MR) is 144 cm³/mol. The highest BCUT2D eigenvalue weighted by Crippen LogP contribution is 2.56. The summed E-state index contributed by atoms with van der Waals surface area (Å²) in [5.74, 6) is 0.967. The Hall–Kier alpha value is -1.90. The summed E-state index contributed by atoms with van der Waals surface area (Å²) in [5, 5.41) is 19.3. The molecular weight excluding hydrogens is 484 g/mol. The van der Waals surface area contributed by atoms with E-state index in [0.717, 1.165) is 68.9 Å². The average molecular weight is 525 g/mol. The molecule has 5 unspecified atom stereocenters. The Morgan fingerprint density at radius 1 is 0.919 bits per heavy atom. The number of imide groups is 1. The number of amidine groups is 1. The summed E-state index contributed by atoms with van der Waals surface area (Å²) in [4.78, 5) is 34.1. The molecule has 2 amide bonds. The van der Waals surface area contributed by atoms with Gasteiger partial charge in [-0.3, -0.25) is 24.8 Å². The molecule has 2 bridgehead atoms. The van der Waals surface area contributed by atoms with Crippen LogP contribution < -0.4 is 0 Å². The predicted octanol–water partition coefficient (Wildman–Crippen LogP) is 3.16. The summed E-state index contributed by atoms with van der Waals surface area (Å²) in [5.41, 5.74) is 1.02. The van der Waals surface area contributed by atoms with Crippen molar-refractivity contribution in [3.05, 3.63) is 29.8 Å². The lowest BCUT2D eigenvalue weighted by atomic mass is 9.78. The zero-order valence-corrected chi connectivity index (χ0v) is 22.7. The molecule has 7 nitrogen and oxygen atoms in total. The average Bonchev–Trinajstić information content (AvgIpc) is 3.52. The topological polar surface area (TPSA) is 87.9 Å². The molecule has 5 aliphatic rings. The molecule has 1 aromatic rings. The van der Waals surface area contributed by atoms with E-state index in [1.54, 1.807) is 16.7 Å². The van der Waals surface area contributed by atoms with Gasteiger partial charge in [-0.25, -0.2) is 0 Å². The van der Waals surface area contributed by atoms with Crippen molar-refractivity contribution in [1.82, 2.24) is 14.7 Å². The SMILES string of the molecule is CSc1ccccc1C(=N)N1CCN(CC2CCCCC2CN2C(=O)C3C(C2=O)[C@@H]2CC[C@H]3C2O)CC1. The van der Waals surface area contributed by atoms with Crippen LogP contribution in [0.2, 0.25) is 0 Å². The van der Waals surface area contributed by atoms with Gasteiger partial charge in [0.1, 0.15) is 5.84 Å². The molecule has 200 valence electrons. The van der Waals surface area contributed by atoms with Crippen molar-refractivity contribution in [2.45, 2.75) is 49.5 Å². The van der Waals surface area contributed by atoms with Gasteiger partial charge in [0, 0.05) is 49.7 Å². The number of nitrogens with one attached hydrogen (secondary N) is 1. The minimum absolute atomic E-state index is 0.00299. The molecule has 2 N–H and O–H groups in total. The van der Waals surface area contributed by atoms with Crippen LogP contribution in [0.15, 0.2) is 29.2 Å². The fourth-order valence-corrected chi connectivity index (χ4v) is 8.78. The monoisotopic (exact) mass is 524 g/mol. The molecule has 8 heteroatoms. The van der Waals surface area contributed by atoms with Gasteiger partial charge < -0.3 is 10.0 Å². The van der Waals surface area contributed by atoms with E-state index in [9.17, 15) is 14.7 Å². The van der Waals surface area contributed by atoms with Crippen LogP contribution in [0.25, 0.3) is 0 Å². The number of fused-ring (bicyclic) bond motifs is 5. The minimum atomic E-state index is -0.457. The molecule has 3 saturated carbocycles. The summed E-state index contributed by atoms with van der Waals surface area (Å²) in [6.45, 7) is 5.19. The smallest absolute Gasteiger partial charge is 0.233 e. The third-order valence-electron chi connectivity index (χ3n) is 10.1. The largest absolute Gasteiger partial charge is 0.392 e. The second-order valence-electron chi connectivity index (χ2n) is 11.9. The number of carbonyl (C=O) groups excluding carboxylic acids is 2. The zero-order chi connectivity index (χ0) is 25.7. The molecule has 2 saturated heterocycles. The highest BCUT2D eigenvalue weighted by Gasteiger charge is 2.65. The van der Waals surface area contributed by atoms with Crippen molar-refractivity contribution in [3.8, 4) is 0 Å². The lowest BCUT2D eigenvalue weighted by Gasteiger charge is -2.41. The first-order valence-corrected chi connectivity index (χ1v) is 15.4. The maximum Gasteiger partial charge on any atom is 0.233 e. The van der Waals surface area contributed by atoms with Crippen molar-refractivity contribution < 1.29 is 14.7 Å². The number of hydrogen-bond donors (Lipinski definition) is 2. The molecule has 3 aliphatic carbocycles. The third kappa shape index (κ3) is 4.43. The van der Waals surface area contributed by atoms with Crippen molar-refractivity contribution in [2.24, 2.45) is 35.5 Å². The number of nitrogens with zero attached hydrogens (tertiary/aromatic N) is 3. The highest BCUT2D eigenvalue weighted by atomic mass is 32.2. The number of likely N-dealkylation sites (tertiary alicyclic amines) is 1. The number of thioether (sulfide) groups is 1. The maximum atomic E-state index is 13.3. The van der Waals surface area contributed by atoms with Gasteiger partial charge in [-0.15, -0.1) is 11.8 Å². The first kappa shape index (κ1) is 25.4. The van der Waals surface area contributed by atoms with Gasteiger partial charge in [0.05, 0.1) is 17.9 Å². The van der Waals surface area contributed by atoms with Gasteiger partial charge in [0.25, 0.3) is 0 Å². The Balaban J connectivity index is 1.06. The second-order valence-corrected chi connectivity index (χ2v) is 12.7. The first-order chi connectivity index (χ1) is 18.0. The molecule has 2 heterocycles. The van der Waals surface area contributed by atoms with Crippen LogP contribution in [0.3, 0.4) is 0 Å². The molecule has 5 fully saturated rings. The highest BCUT2D eigenvalue weighted by molar-refractivity contribution is 7.98. The van der Waals surface area contributed by atoms with E-state index in [2.05, 4.69) is 28.2 Å². The fraction of sp³-hybridized carbons (Fsp3) is 0.690. The Labute approximate surface area is 224 Å². The fourth-order valence-electron chi connectivity index (χ4n) is 8.18. The third-order valence-corrected chi connectivity index (χ3v) is 10.9. The summed E-state index contributed by atoms with van der Waals surface area (Å²) in [7, 11) is 0. The number of aliphatic hydroxyl groups excluding tert-OH is 1. The quantitative estimate of drug-likeness (QED) is 0.257. The van der Waals surface area contributed by atoms with E-state index < -0.39 is 6.10 Å². The summed E-state index contributed by atoms with van der Waals surface area (Å²) in [6, 6.07) is 8.18. The lowest BCUT2D eigenvalue weighted by molar-refractivity contribution is -0.143. The molecular formula is C29H40N4O3S. The van der Waals surface area contributed by atoms with Gasteiger partial charge in [-0.1, -0.05) is 31.0 Å². The van der Waals surface area contributed by atoms with Crippen molar-refractivity contribution >= 4 is 29.4 Å². The number of rotatable bonds is 6. The van der Waals surface area contributed by atoms with Crippen LogP contribution in [-0.4, -0.2) is 89.1 Å². The molecule has 0 spiro atoms. The van der Waals surface area contributed by atoms with E-state index in [1.807, 2.05) is 12.1 Å². The minimum Gasteiger partial charge on any atom is -0.392 e. The number of carbonyl (C=O) groups is 2. The van der Waals surface area contributed by atoms with Gasteiger partial charge in [-0.2, -0.15) is 0 Å². The van der Waals surface area contributed by atoms with Crippen LogP contribution in [0.5, 0.6) is 0 Å². The normalized spacial score (nSPS) is 35.9. The molecule has 0 aromatic heterocycles. The maximum absolute atomic E-state index is 13.3. The number of piperazine rings is 1. The van der Waals surface area contributed by atoms with Crippen LogP contribution >= 0.6 is 11.8 Å². The summed E-state index contributed by atoms with van der Waals surface area (Å²) >= 11 is 1.69. The Kier molecular flexibility index (Phi) is 7.10. The number of aliphatic hydroxyl groups is 1. The number of benzene rings is 1. The Morgan fingerprint density at radius 2 is 1.51 bits per heavy atom. The van der Waals surface area contributed by atoms with E-state index in [4.69, 9.17) is 5.41 Å². The van der Waals surface area contributed by atoms with E-state index in [1.165, 1.54) is 12.8 Å². The first-order valence-electron chi connectivity index (χ1n) is 14.2. The Morgan fingerprint density at radius 3 is 2.14 bits per heavy atom. The molecule has 0 radical (unpaired) electrons. The molecule has 6 rings (SSSR count). The lowest BCUT2D eigenvalue weighted by Crippen LogP contribution is -2.51. The van der Waals surface area contributed by atoms with Crippen LogP contribution in [0.4, 0.5) is 0 Å². The number of hydrogen-bond acceptors (Lipinski definition) is 6. The van der Waals surface area contributed by atoms with E-state index in [0.29, 0.717) is 24.2 Å². The van der Waals surface area contributed by atoms with Crippen LogP contribution in [0, 0.1) is 40.9 Å². The summed E-state index contributed by atoms with van der Waals surface area (Å²) < 4.78 is 0. The second kappa shape index (κ2) is 10.3. The Bertz CT molecular complexity index is 1030. The van der Waals surface area contributed by atoms with Crippen molar-refractivity contribution in [3.63, 3.8) is 0 Å². The summed E-state index contributed by atoms with van der Waals surface area (Å²) in [6.07, 6.45) is 8.03. The van der Waals surface area contributed by atoms with Gasteiger partial charge in [0.2, 0.25) is 11.8 Å². The van der Waals surface area contributed by atoms with Crippen molar-refractivity contribution in [2.75, 3.05) is 45.5 Å². The number of amides is 2. The van der Waals surface area contributed by atoms with E-state index in [-0.39, 0.29) is 35.5 Å². The van der Waals surface area contributed by atoms with Crippen molar-refractivity contribution in [1.29, 1.82) is 5.41 Å². The van der Waals surface area contributed by atoms with Gasteiger partial charge in [0.15, 0.2) is 0 Å². The zero-order valence-electron chi connectivity index (χ0n) is 21.8. The molecule has 37 heavy (non-hydrogen) atoms. The molecule has 1 aromatic carbocycles. The molecule has 2 aliphatic heterocycles.